The molecule has 22 heavy (non-hydrogen) atoms. The number of aromatic nitrogens is 2. The fourth-order valence-electron chi connectivity index (χ4n) is 1.83. The Balaban J connectivity index is 2.24. The zero-order chi connectivity index (χ0) is 16.3. The van der Waals surface area contributed by atoms with E-state index in [-0.39, 0.29) is 15.8 Å². The van der Waals surface area contributed by atoms with Crippen molar-refractivity contribution in [2.75, 3.05) is 10.0 Å². The van der Waals surface area contributed by atoms with Crippen LogP contribution < -0.4 is 15.8 Å². The SMILES string of the molecule is Cc1cc(NS(=O)(=O)c2ccc(NC(N)=S)cc2)nc(C)n1. The summed E-state index contributed by atoms with van der Waals surface area (Å²) in [5.41, 5.74) is 6.65. The van der Waals surface area contributed by atoms with Gasteiger partial charge in [0, 0.05) is 17.4 Å². The number of hydrogen-bond donors (Lipinski definition) is 3. The number of nitrogens with one attached hydrogen (secondary N) is 2. The number of nitrogens with two attached hydrogens (primary N) is 1. The van der Waals surface area contributed by atoms with E-state index in [4.69, 9.17) is 18.0 Å². The molecule has 0 fully saturated rings. The standard InChI is InChI=1S/C13H15N5O2S2/c1-8-7-12(16-9(2)15-8)18-22(19,20)11-5-3-10(4-6-11)17-13(14)21/h3-7H,1-2H3,(H3,14,17,21)(H,15,16,18). The van der Waals surface area contributed by atoms with Crippen molar-refractivity contribution < 1.29 is 8.42 Å². The molecule has 0 aliphatic carbocycles. The summed E-state index contributed by atoms with van der Waals surface area (Å²) in [7, 11) is -3.72. The first-order valence-electron chi connectivity index (χ1n) is 6.28. The zero-order valence-corrected chi connectivity index (χ0v) is 13.6. The van der Waals surface area contributed by atoms with Crippen LogP contribution in [-0.4, -0.2) is 23.5 Å². The Morgan fingerprint density at radius 1 is 1.18 bits per heavy atom. The molecule has 0 unspecified atom stereocenters. The summed E-state index contributed by atoms with van der Waals surface area (Å²) in [4.78, 5) is 8.26. The van der Waals surface area contributed by atoms with Crippen LogP contribution in [0.3, 0.4) is 0 Å². The smallest absolute Gasteiger partial charge is 0.263 e. The van der Waals surface area contributed by atoms with Gasteiger partial charge in [-0.1, -0.05) is 0 Å². The molecule has 7 nitrogen and oxygen atoms in total. The van der Waals surface area contributed by atoms with Crippen LogP contribution in [0.1, 0.15) is 11.5 Å². The van der Waals surface area contributed by atoms with E-state index in [0.29, 0.717) is 17.2 Å². The Hall–Kier alpha value is -2.26. The number of rotatable bonds is 4. The van der Waals surface area contributed by atoms with E-state index in [1.165, 1.54) is 12.1 Å². The van der Waals surface area contributed by atoms with Crippen LogP contribution in [0.15, 0.2) is 35.2 Å². The third-order valence-electron chi connectivity index (χ3n) is 2.64. The molecule has 4 N–H and O–H groups in total. The predicted octanol–water partition coefficient (Wildman–Crippen LogP) is 1.55. The lowest BCUT2D eigenvalue weighted by Crippen LogP contribution is -2.19. The highest BCUT2D eigenvalue weighted by Gasteiger charge is 2.15. The molecule has 0 saturated heterocycles. The van der Waals surface area contributed by atoms with Crippen LogP contribution in [0.4, 0.5) is 11.5 Å². The van der Waals surface area contributed by atoms with Gasteiger partial charge in [-0.05, 0) is 50.3 Å². The number of nitrogens with zero attached hydrogens (tertiary/aromatic N) is 2. The van der Waals surface area contributed by atoms with Gasteiger partial charge in [-0.3, -0.25) is 4.72 Å². The molecule has 2 aromatic rings. The van der Waals surface area contributed by atoms with Crippen LogP contribution in [0.2, 0.25) is 0 Å². The molecule has 116 valence electrons. The van der Waals surface area contributed by atoms with Crippen molar-refractivity contribution >= 4 is 38.9 Å². The summed E-state index contributed by atoms with van der Waals surface area (Å²) < 4.78 is 27.1. The Kier molecular flexibility index (Phi) is 4.57. The maximum absolute atomic E-state index is 12.3. The molecule has 0 bridgehead atoms. The molecule has 1 heterocycles. The van der Waals surface area contributed by atoms with Crippen LogP contribution >= 0.6 is 12.2 Å². The highest BCUT2D eigenvalue weighted by atomic mass is 32.2. The highest BCUT2D eigenvalue weighted by Crippen LogP contribution is 2.17. The van der Waals surface area contributed by atoms with Crippen LogP contribution in [0.25, 0.3) is 0 Å². The third kappa shape index (κ3) is 4.12. The number of sulfonamides is 1. The highest BCUT2D eigenvalue weighted by molar-refractivity contribution is 7.92. The van der Waals surface area contributed by atoms with Crippen molar-refractivity contribution in [3.63, 3.8) is 0 Å². The second-order valence-corrected chi connectivity index (χ2v) is 6.68. The topological polar surface area (TPSA) is 110 Å². The van der Waals surface area contributed by atoms with Gasteiger partial charge in [0.25, 0.3) is 10.0 Å². The second-order valence-electron chi connectivity index (χ2n) is 4.56. The second kappa shape index (κ2) is 6.24. The van der Waals surface area contributed by atoms with Gasteiger partial charge in [0.05, 0.1) is 4.90 Å². The zero-order valence-electron chi connectivity index (χ0n) is 12.0. The third-order valence-corrected chi connectivity index (χ3v) is 4.11. The molecular weight excluding hydrogens is 322 g/mol. The van der Waals surface area contributed by atoms with Gasteiger partial charge in [0.1, 0.15) is 11.6 Å². The summed E-state index contributed by atoms with van der Waals surface area (Å²) >= 11 is 4.72. The van der Waals surface area contributed by atoms with Gasteiger partial charge in [-0.2, -0.15) is 0 Å². The first kappa shape index (κ1) is 16.1. The van der Waals surface area contributed by atoms with Gasteiger partial charge in [-0.15, -0.1) is 0 Å². The van der Waals surface area contributed by atoms with Crippen molar-refractivity contribution in [3.05, 3.63) is 41.9 Å². The minimum absolute atomic E-state index is 0.106. The molecule has 9 heteroatoms. The summed E-state index contributed by atoms with van der Waals surface area (Å²) in [6.07, 6.45) is 0. The Labute approximate surface area is 134 Å². The maximum Gasteiger partial charge on any atom is 0.263 e. The van der Waals surface area contributed by atoms with E-state index < -0.39 is 10.0 Å². The van der Waals surface area contributed by atoms with Gasteiger partial charge >= 0.3 is 0 Å². The molecular formula is C13H15N5O2S2. The summed E-state index contributed by atoms with van der Waals surface area (Å²) in [5, 5.41) is 2.83. The van der Waals surface area contributed by atoms with Crippen molar-refractivity contribution in [1.82, 2.24) is 9.97 Å². The molecule has 0 spiro atoms. The predicted molar refractivity (Wildman–Crippen MR) is 89.2 cm³/mol. The molecule has 0 saturated carbocycles. The lowest BCUT2D eigenvalue weighted by molar-refractivity contribution is 0.601. The molecule has 0 amide bonds. The van der Waals surface area contributed by atoms with E-state index in [1.54, 1.807) is 32.0 Å². The number of benzene rings is 1. The molecule has 0 radical (unpaired) electrons. The van der Waals surface area contributed by atoms with Crippen molar-refractivity contribution in [1.29, 1.82) is 0 Å². The average Bonchev–Trinajstić information content (AvgIpc) is 2.36. The van der Waals surface area contributed by atoms with Gasteiger partial charge in [-0.25, -0.2) is 18.4 Å². The van der Waals surface area contributed by atoms with E-state index in [0.717, 1.165) is 0 Å². The molecule has 1 aromatic carbocycles. The summed E-state index contributed by atoms with van der Waals surface area (Å²) in [5.74, 6) is 0.726. The first-order chi connectivity index (χ1) is 10.3. The lowest BCUT2D eigenvalue weighted by atomic mass is 10.3. The van der Waals surface area contributed by atoms with Crippen molar-refractivity contribution in [2.24, 2.45) is 5.73 Å². The van der Waals surface area contributed by atoms with E-state index in [9.17, 15) is 8.42 Å². The van der Waals surface area contributed by atoms with Crippen LogP contribution in [-0.2, 0) is 10.0 Å². The molecule has 0 atom stereocenters. The molecule has 2 rings (SSSR count). The van der Waals surface area contributed by atoms with Crippen molar-refractivity contribution in [3.8, 4) is 0 Å². The van der Waals surface area contributed by atoms with Crippen LogP contribution in [0, 0.1) is 13.8 Å². The Morgan fingerprint density at radius 3 is 2.36 bits per heavy atom. The lowest BCUT2D eigenvalue weighted by Gasteiger charge is -2.09. The Morgan fingerprint density at radius 2 is 1.82 bits per heavy atom. The molecule has 0 aliphatic rings. The monoisotopic (exact) mass is 337 g/mol. The minimum atomic E-state index is -3.72. The largest absolute Gasteiger partial charge is 0.376 e. The first-order valence-corrected chi connectivity index (χ1v) is 8.17. The molecule has 1 aromatic heterocycles. The minimum Gasteiger partial charge on any atom is -0.376 e. The maximum atomic E-state index is 12.3. The van der Waals surface area contributed by atoms with Crippen LogP contribution in [0.5, 0.6) is 0 Å². The van der Waals surface area contributed by atoms with E-state index in [2.05, 4.69) is 20.0 Å². The number of anilines is 2. The number of hydrogen-bond acceptors (Lipinski definition) is 5. The summed E-state index contributed by atoms with van der Waals surface area (Å²) in [6.45, 7) is 3.46. The van der Waals surface area contributed by atoms with E-state index in [1.807, 2.05) is 0 Å². The average molecular weight is 337 g/mol. The van der Waals surface area contributed by atoms with E-state index >= 15 is 0 Å². The fraction of sp³-hybridized carbons (Fsp3) is 0.154. The normalized spacial score (nSPS) is 11.0. The van der Waals surface area contributed by atoms with Crippen molar-refractivity contribution in [2.45, 2.75) is 18.7 Å². The fourth-order valence-corrected chi connectivity index (χ4v) is 2.94. The number of aryl methyl sites for hydroxylation is 2. The Bertz CT molecular complexity index is 783. The molecule has 0 aliphatic heterocycles. The quantitative estimate of drug-likeness (QED) is 0.726. The number of thiocarbonyl (C=S) groups is 1. The van der Waals surface area contributed by atoms with Gasteiger partial charge in [0.15, 0.2) is 5.11 Å². The summed E-state index contributed by atoms with van der Waals surface area (Å²) in [6, 6.07) is 7.61. The van der Waals surface area contributed by atoms with Gasteiger partial charge in [0.2, 0.25) is 0 Å². The van der Waals surface area contributed by atoms with Gasteiger partial charge < -0.3 is 11.1 Å².